The minimum Gasteiger partial charge on any atom is -0.461 e. The topological polar surface area (TPSA) is 47.4 Å². The van der Waals surface area contributed by atoms with Gasteiger partial charge in [0.15, 0.2) is 0 Å². The first-order valence-electron chi connectivity index (χ1n) is 8.02. The molecule has 3 heterocycles. The van der Waals surface area contributed by atoms with E-state index >= 15 is 0 Å². The summed E-state index contributed by atoms with van der Waals surface area (Å²) < 4.78 is 7.44. The van der Waals surface area contributed by atoms with Crippen LogP contribution in [0.15, 0.2) is 6.07 Å². The molecule has 0 radical (unpaired) electrons. The second kappa shape index (κ2) is 5.79. The van der Waals surface area contributed by atoms with Gasteiger partial charge in [-0.05, 0) is 46.2 Å². The lowest BCUT2D eigenvalue weighted by Gasteiger charge is -2.38. The number of cyclic esters (lactones) is 1. The van der Waals surface area contributed by atoms with Gasteiger partial charge in [-0.2, -0.15) is 5.10 Å². The number of likely N-dealkylation sites (tertiary alicyclic amines) is 1. The van der Waals surface area contributed by atoms with Crippen molar-refractivity contribution in [3.63, 3.8) is 0 Å². The van der Waals surface area contributed by atoms with Crippen molar-refractivity contribution in [3.8, 4) is 0 Å². The molecular formula is C16H25N3O2. The average molecular weight is 291 g/mol. The van der Waals surface area contributed by atoms with Crippen molar-refractivity contribution in [2.24, 2.45) is 0 Å². The number of aromatic nitrogens is 2. The number of hydrogen-bond donors (Lipinski definition) is 0. The van der Waals surface area contributed by atoms with Crippen molar-refractivity contribution >= 4 is 5.97 Å². The molecule has 0 spiro atoms. The largest absolute Gasteiger partial charge is 0.461 e. The zero-order valence-electron chi connectivity index (χ0n) is 13.2. The molecule has 2 aliphatic rings. The number of rotatable bonds is 3. The van der Waals surface area contributed by atoms with Gasteiger partial charge in [-0.25, -0.2) is 0 Å². The normalized spacial score (nSPS) is 30.6. The molecule has 1 aromatic heterocycles. The Morgan fingerprint density at radius 2 is 2.19 bits per heavy atom. The summed E-state index contributed by atoms with van der Waals surface area (Å²) in [5.41, 5.74) is 2.25. The third-order valence-corrected chi connectivity index (χ3v) is 4.70. The molecular weight excluding hydrogens is 266 g/mol. The highest BCUT2D eigenvalue weighted by Crippen LogP contribution is 2.28. The van der Waals surface area contributed by atoms with Crippen LogP contribution in [0, 0.1) is 13.8 Å². The monoisotopic (exact) mass is 291 g/mol. The van der Waals surface area contributed by atoms with E-state index in [1.165, 1.54) is 18.5 Å². The van der Waals surface area contributed by atoms with E-state index < -0.39 is 0 Å². The summed E-state index contributed by atoms with van der Waals surface area (Å²) in [6.07, 6.45) is 4.42. The Bertz CT molecular complexity index is 526. The van der Waals surface area contributed by atoms with Gasteiger partial charge in [-0.3, -0.25) is 14.4 Å². The number of hydrogen-bond acceptors (Lipinski definition) is 4. The van der Waals surface area contributed by atoms with E-state index in [0.717, 1.165) is 31.6 Å². The molecule has 2 aliphatic heterocycles. The smallest absolute Gasteiger partial charge is 0.323 e. The Morgan fingerprint density at radius 1 is 1.38 bits per heavy atom. The number of piperidine rings is 1. The van der Waals surface area contributed by atoms with Gasteiger partial charge in [0.1, 0.15) is 12.1 Å². The maximum Gasteiger partial charge on any atom is 0.323 e. The summed E-state index contributed by atoms with van der Waals surface area (Å²) in [5, 5.41) is 4.57. The molecule has 3 atom stereocenters. The third kappa shape index (κ3) is 2.98. The molecule has 5 heteroatoms. The van der Waals surface area contributed by atoms with Crippen LogP contribution in [0.25, 0.3) is 0 Å². The van der Waals surface area contributed by atoms with Gasteiger partial charge < -0.3 is 4.74 Å². The minimum atomic E-state index is -0.0535. The van der Waals surface area contributed by atoms with E-state index in [-0.39, 0.29) is 18.1 Å². The lowest BCUT2D eigenvalue weighted by atomic mass is 9.98. The summed E-state index contributed by atoms with van der Waals surface area (Å²) in [5.74, 6) is -0.0391. The maximum atomic E-state index is 12.1. The zero-order valence-corrected chi connectivity index (χ0v) is 13.2. The molecule has 0 aromatic carbocycles. The van der Waals surface area contributed by atoms with E-state index in [4.69, 9.17) is 4.74 Å². The van der Waals surface area contributed by atoms with E-state index in [1.807, 2.05) is 13.8 Å². The maximum absolute atomic E-state index is 12.1. The van der Waals surface area contributed by atoms with Gasteiger partial charge in [-0.1, -0.05) is 6.42 Å². The summed E-state index contributed by atoms with van der Waals surface area (Å²) in [6.45, 7) is 7.98. The number of carbonyl (C=O) groups excluding carboxylic acids is 1. The van der Waals surface area contributed by atoms with Crippen LogP contribution in [0.1, 0.15) is 44.0 Å². The van der Waals surface area contributed by atoms with Gasteiger partial charge in [-0.15, -0.1) is 0 Å². The second-order valence-corrected chi connectivity index (χ2v) is 6.50. The van der Waals surface area contributed by atoms with Crippen molar-refractivity contribution in [3.05, 3.63) is 17.5 Å². The molecule has 0 unspecified atom stereocenters. The van der Waals surface area contributed by atoms with Crippen molar-refractivity contribution < 1.29 is 9.53 Å². The Hall–Kier alpha value is -1.36. The fourth-order valence-electron chi connectivity index (χ4n) is 3.69. The number of carbonyl (C=O) groups is 1. The molecule has 2 fully saturated rings. The van der Waals surface area contributed by atoms with Crippen LogP contribution in [0.4, 0.5) is 0 Å². The first-order chi connectivity index (χ1) is 10.0. The van der Waals surface area contributed by atoms with Crippen LogP contribution >= 0.6 is 0 Å². The Morgan fingerprint density at radius 3 is 2.81 bits per heavy atom. The SMILES string of the molecule is Cc1cc(C)n(C[C@@H]2CCCCN2[C@H]2C[C@H](C)OC2=O)n1. The van der Waals surface area contributed by atoms with Gasteiger partial charge >= 0.3 is 5.97 Å². The Labute approximate surface area is 126 Å². The molecule has 0 aliphatic carbocycles. The number of nitrogens with zero attached hydrogens (tertiary/aromatic N) is 3. The van der Waals surface area contributed by atoms with Gasteiger partial charge in [0.25, 0.3) is 0 Å². The molecule has 116 valence electrons. The molecule has 0 amide bonds. The highest BCUT2D eigenvalue weighted by molar-refractivity contribution is 5.78. The third-order valence-electron chi connectivity index (χ3n) is 4.70. The van der Waals surface area contributed by atoms with Crippen LogP contribution in [0.2, 0.25) is 0 Å². The molecule has 0 N–H and O–H groups in total. The van der Waals surface area contributed by atoms with Crippen molar-refractivity contribution in [2.45, 2.75) is 71.2 Å². The predicted octanol–water partition coefficient (Wildman–Crippen LogP) is 2.06. The number of ether oxygens (including phenoxy) is 1. The summed E-state index contributed by atoms with van der Waals surface area (Å²) >= 11 is 0. The lowest BCUT2D eigenvalue weighted by molar-refractivity contribution is -0.146. The van der Waals surface area contributed by atoms with E-state index in [9.17, 15) is 4.79 Å². The van der Waals surface area contributed by atoms with Gasteiger partial charge in [0.2, 0.25) is 0 Å². The number of esters is 1. The van der Waals surface area contributed by atoms with Gasteiger partial charge in [0.05, 0.1) is 12.2 Å². The van der Waals surface area contributed by atoms with E-state index in [0.29, 0.717) is 6.04 Å². The van der Waals surface area contributed by atoms with Crippen LogP contribution < -0.4 is 0 Å². The quantitative estimate of drug-likeness (QED) is 0.800. The Balaban J connectivity index is 1.75. The van der Waals surface area contributed by atoms with Crippen LogP contribution in [-0.4, -0.2) is 45.4 Å². The molecule has 2 saturated heterocycles. The molecule has 0 saturated carbocycles. The zero-order chi connectivity index (χ0) is 15.0. The number of aryl methyl sites for hydroxylation is 2. The lowest BCUT2D eigenvalue weighted by Crippen LogP contribution is -2.50. The van der Waals surface area contributed by atoms with Gasteiger partial charge in [0, 0.05) is 18.2 Å². The van der Waals surface area contributed by atoms with Crippen LogP contribution in [0.3, 0.4) is 0 Å². The molecule has 5 nitrogen and oxygen atoms in total. The van der Waals surface area contributed by atoms with E-state index in [2.05, 4.69) is 27.7 Å². The first kappa shape index (κ1) is 14.6. The molecule has 21 heavy (non-hydrogen) atoms. The standard InChI is InChI=1S/C16H25N3O2/c1-11-8-12(2)19(17-11)10-14-6-4-5-7-18(14)15-9-13(3)21-16(15)20/h8,13-15H,4-7,9-10H2,1-3H3/t13-,14-,15-/m0/s1. The Kier molecular flexibility index (Phi) is 4.02. The highest BCUT2D eigenvalue weighted by atomic mass is 16.6. The van der Waals surface area contributed by atoms with Crippen molar-refractivity contribution in [1.82, 2.24) is 14.7 Å². The highest BCUT2D eigenvalue weighted by Gasteiger charge is 2.40. The average Bonchev–Trinajstić information content (AvgIpc) is 2.92. The van der Waals surface area contributed by atoms with Crippen LogP contribution in [0.5, 0.6) is 0 Å². The molecule has 0 bridgehead atoms. The fourth-order valence-corrected chi connectivity index (χ4v) is 3.69. The minimum absolute atomic E-state index is 0.0391. The van der Waals surface area contributed by atoms with Crippen molar-refractivity contribution in [2.75, 3.05) is 6.54 Å². The summed E-state index contributed by atoms with van der Waals surface area (Å²) in [6, 6.07) is 2.45. The second-order valence-electron chi connectivity index (χ2n) is 6.50. The van der Waals surface area contributed by atoms with Crippen LogP contribution in [-0.2, 0) is 16.1 Å². The molecule has 3 rings (SSSR count). The summed E-state index contributed by atoms with van der Waals surface area (Å²) in [4.78, 5) is 14.4. The van der Waals surface area contributed by atoms with E-state index in [1.54, 1.807) is 0 Å². The fraction of sp³-hybridized carbons (Fsp3) is 0.750. The molecule has 1 aromatic rings. The first-order valence-corrected chi connectivity index (χ1v) is 8.02. The predicted molar refractivity (Wildman–Crippen MR) is 80.0 cm³/mol. The van der Waals surface area contributed by atoms with Crippen molar-refractivity contribution in [1.29, 1.82) is 0 Å². The summed E-state index contributed by atoms with van der Waals surface area (Å²) in [7, 11) is 0.